The number of ether oxygens (including phenoxy) is 1. The Kier molecular flexibility index (Phi) is 11.0. The predicted octanol–water partition coefficient (Wildman–Crippen LogP) is 16.3. The van der Waals surface area contributed by atoms with E-state index < -0.39 is 18.1 Å². The van der Waals surface area contributed by atoms with E-state index in [1.54, 1.807) is 0 Å². The second kappa shape index (κ2) is 18.8. The van der Waals surface area contributed by atoms with Crippen LogP contribution >= 0.6 is 0 Å². The second-order valence-electron chi connectivity index (χ2n) is 20.4. The molecule has 0 aliphatic carbocycles. The van der Waals surface area contributed by atoms with Crippen molar-refractivity contribution in [2.75, 3.05) is 0 Å². The summed E-state index contributed by atoms with van der Waals surface area (Å²) in [5, 5.41) is 2.12. The summed E-state index contributed by atoms with van der Waals surface area (Å²) in [7, 11) is 0. The van der Waals surface area contributed by atoms with E-state index in [0.29, 0.717) is 34.4 Å². The molecule has 11 rings (SSSR count). The number of aromatic nitrogens is 4. The summed E-state index contributed by atoms with van der Waals surface area (Å²) in [6.07, 6.45) is 5.60. The molecule has 0 atom stereocenters. The zero-order valence-corrected chi connectivity index (χ0v) is 43.4. The van der Waals surface area contributed by atoms with Gasteiger partial charge < -0.3 is 13.9 Å². The van der Waals surface area contributed by atoms with Gasteiger partial charge in [-0.3, -0.25) is 4.57 Å². The summed E-state index contributed by atoms with van der Waals surface area (Å²) in [5.41, 5.74) is 12.0. The first-order valence-corrected chi connectivity index (χ1v) is 23.9. The minimum atomic E-state index is -0.451. The van der Waals surface area contributed by atoms with E-state index in [-0.39, 0.29) is 49.5 Å². The van der Waals surface area contributed by atoms with Crippen LogP contribution in [0.3, 0.4) is 0 Å². The Hall–Kier alpha value is -7.33. The number of rotatable bonds is 9. The summed E-state index contributed by atoms with van der Waals surface area (Å²) in [6.45, 7) is 17.6. The molecule has 5 nitrogen and oxygen atoms in total. The fourth-order valence-electron chi connectivity index (χ4n) is 9.35. The van der Waals surface area contributed by atoms with Gasteiger partial charge in [-0.1, -0.05) is 188 Å². The Labute approximate surface area is 439 Å². The third-order valence-electron chi connectivity index (χ3n) is 13.2. The van der Waals surface area contributed by atoms with Crippen LogP contribution < -0.4 is 9.30 Å². The van der Waals surface area contributed by atoms with E-state index >= 15 is 0 Å². The zero-order valence-electron chi connectivity index (χ0n) is 46.1. The number of fused-ring (bicyclic) bond motifs is 4. The smallest absolute Gasteiger partial charge is 0.268 e. The molecule has 0 unspecified atom stereocenters. The number of nitrogens with zero attached hydrogens (tertiary/aromatic N) is 4. The summed E-state index contributed by atoms with van der Waals surface area (Å²) in [5.74, 6) is 2.10. The van der Waals surface area contributed by atoms with Crippen molar-refractivity contribution in [1.82, 2.24) is 14.1 Å². The molecule has 0 saturated carbocycles. The molecule has 71 heavy (non-hydrogen) atoms. The molecule has 0 saturated heterocycles. The minimum Gasteiger partial charge on any atom is -0.510 e. The van der Waals surface area contributed by atoms with Gasteiger partial charge in [0.1, 0.15) is 5.82 Å². The van der Waals surface area contributed by atoms with E-state index in [0.717, 1.165) is 72.0 Å². The van der Waals surface area contributed by atoms with E-state index in [1.807, 2.05) is 82.1 Å². The molecule has 0 spiro atoms. The van der Waals surface area contributed by atoms with Gasteiger partial charge in [0.2, 0.25) is 0 Å². The fraction of sp³-hybridized carbons (Fsp3) is 0.169. The topological polar surface area (TPSA) is 35.9 Å². The first-order valence-electron chi connectivity index (χ1n) is 26.4. The van der Waals surface area contributed by atoms with Gasteiger partial charge in [-0.25, -0.2) is 4.98 Å². The van der Waals surface area contributed by atoms with Gasteiger partial charge >= 0.3 is 0 Å². The zero-order chi connectivity index (χ0) is 52.7. The number of hydrogen-bond donors (Lipinski definition) is 0. The molecule has 0 fully saturated rings. The first-order chi connectivity index (χ1) is 35.8. The number of imidazole rings is 1. The van der Waals surface area contributed by atoms with Crippen molar-refractivity contribution >= 4 is 32.8 Å². The minimum absolute atomic E-state index is 0. The van der Waals surface area contributed by atoms with Gasteiger partial charge in [0.15, 0.2) is 0 Å². The molecule has 0 aliphatic rings. The summed E-state index contributed by atoms with van der Waals surface area (Å²) >= 11 is 0. The van der Waals surface area contributed by atoms with Gasteiger partial charge in [-0.15, -0.1) is 29.7 Å². The molecule has 0 aliphatic heterocycles. The normalized spacial score (nSPS) is 12.9. The van der Waals surface area contributed by atoms with E-state index in [2.05, 4.69) is 163 Å². The van der Waals surface area contributed by atoms with Crippen LogP contribution in [0.15, 0.2) is 188 Å². The molecule has 354 valence electrons. The number of pyridine rings is 1. The quantitative estimate of drug-likeness (QED) is 0.107. The van der Waals surface area contributed by atoms with Crippen molar-refractivity contribution < 1.29 is 37.2 Å². The third-order valence-corrected chi connectivity index (χ3v) is 13.2. The largest absolute Gasteiger partial charge is 0.510 e. The van der Waals surface area contributed by atoms with E-state index in [9.17, 15) is 2.74 Å². The molecule has 11 aromatic rings. The molecule has 0 bridgehead atoms. The average molecular weight is 1110 g/mol. The Morgan fingerprint density at radius 2 is 1.28 bits per heavy atom. The van der Waals surface area contributed by atoms with Crippen molar-refractivity contribution in [3.8, 4) is 62.1 Å². The van der Waals surface area contributed by atoms with Gasteiger partial charge in [0.05, 0.1) is 23.6 Å². The van der Waals surface area contributed by atoms with E-state index in [4.69, 9.17) is 13.8 Å². The van der Waals surface area contributed by atoms with Crippen molar-refractivity contribution in [2.24, 2.45) is 0 Å². The Balaban J connectivity index is 0.00000657. The van der Waals surface area contributed by atoms with Crippen LogP contribution in [0.25, 0.3) is 83.4 Å². The number of hydrogen-bond acceptors (Lipinski definition) is 2. The van der Waals surface area contributed by atoms with Crippen LogP contribution in [-0.2, 0) is 31.9 Å². The van der Waals surface area contributed by atoms with Gasteiger partial charge in [0.25, 0.3) is 6.33 Å². The van der Waals surface area contributed by atoms with Crippen molar-refractivity contribution in [3.05, 3.63) is 223 Å². The molecule has 3 heterocycles. The molecule has 6 heteroatoms. The maximum atomic E-state index is 9.33. The Morgan fingerprint density at radius 1 is 0.592 bits per heavy atom. The monoisotopic (exact) mass is 1110 g/mol. The maximum Gasteiger partial charge on any atom is 0.268 e. The van der Waals surface area contributed by atoms with Crippen LogP contribution in [0.4, 0.5) is 0 Å². The second-order valence-corrected chi connectivity index (χ2v) is 20.4. The molecule has 0 radical (unpaired) electrons. The Bertz CT molecular complexity index is 3990. The molecular formula is C65H56N4OPt-2. The molecule has 0 amide bonds. The maximum absolute atomic E-state index is 9.33. The molecule has 8 aromatic carbocycles. The average Bonchev–Trinajstić information content (AvgIpc) is 3.95. The van der Waals surface area contributed by atoms with Gasteiger partial charge in [-0.2, -0.15) is 18.2 Å². The molecular weight excluding hydrogens is 1050 g/mol. The first kappa shape index (κ1) is 41.5. The summed E-state index contributed by atoms with van der Waals surface area (Å²) < 4.78 is 57.7. The third kappa shape index (κ3) is 9.05. The van der Waals surface area contributed by atoms with Crippen molar-refractivity contribution in [1.29, 1.82) is 0 Å². The predicted molar refractivity (Wildman–Crippen MR) is 288 cm³/mol. The van der Waals surface area contributed by atoms with Crippen LogP contribution in [0.5, 0.6) is 11.5 Å². The molecule has 0 N–H and O–H groups in total. The molecule has 3 aromatic heterocycles. The number of benzene rings is 8. The van der Waals surface area contributed by atoms with Crippen LogP contribution in [-0.4, -0.2) is 14.1 Å². The fourth-order valence-corrected chi connectivity index (χ4v) is 9.35. The van der Waals surface area contributed by atoms with E-state index in [1.165, 1.54) is 5.56 Å². The van der Waals surface area contributed by atoms with Crippen molar-refractivity contribution in [2.45, 2.75) is 72.1 Å². The number of para-hydroxylation sites is 2. The van der Waals surface area contributed by atoms with Crippen LogP contribution in [0.1, 0.15) is 84.9 Å². The summed E-state index contributed by atoms with van der Waals surface area (Å²) in [4.78, 5) is 4.83. The summed E-state index contributed by atoms with van der Waals surface area (Å²) in [6, 6.07) is 56.6. The van der Waals surface area contributed by atoms with Crippen molar-refractivity contribution in [3.63, 3.8) is 0 Å². The van der Waals surface area contributed by atoms with Crippen LogP contribution in [0.2, 0.25) is 0 Å². The standard InChI is InChI=1S/C65H56N4O.Pt/c1-43(2)46-33-34-66-62(38-46)69-58-28-16-15-25-56(58)57-31-30-53(41-60(57)69)70-52-24-17-23-51(40-52)67-42-68(61-37-47(29-32-59(61)67)44-19-11-9-12-20-44)63-54(45-21-13-10-14-22-45)26-18-27-55(63)48-35-49(64(3,4)5)39-50(36-48)65(6,7)8;/h9-39,43H,1-8H3;/q-2;/i10D,13D,14D,21D,22D;. The van der Waals surface area contributed by atoms with Gasteiger partial charge in [-0.05, 0) is 102 Å². The SMILES string of the molecule is [2H]c1c([2H])c([2H])c(-c2cccc(-c3cc(C(C)(C)C)cc(C(C)(C)C)c3)c2-[n+]2[c-]n(-c3[c-]c(Oc4[c-]c5c(cc4)c4ccccc4n5-c4cc(C(C)C)ccn4)ccc3)c3ccc(-c4ccccc4)cc32)c([2H])c1[2H].[Pt]. The van der Waals surface area contributed by atoms with Crippen LogP contribution in [0, 0.1) is 18.5 Å². The Morgan fingerprint density at radius 3 is 2.01 bits per heavy atom. The van der Waals surface area contributed by atoms with Gasteiger partial charge in [0, 0.05) is 44.3 Å².